The number of carbonyl (C=O) groups is 2. The molecule has 3 aliphatic heterocycles. The minimum atomic E-state index is -0.313. The number of aromatic nitrogens is 1. The van der Waals surface area contributed by atoms with Gasteiger partial charge in [0.05, 0.1) is 5.92 Å². The predicted octanol–water partition coefficient (Wildman–Crippen LogP) is 1.55. The number of hydrogen-bond acceptors (Lipinski definition) is 6. The molecule has 1 aromatic carbocycles. The highest BCUT2D eigenvalue weighted by molar-refractivity contribution is 6.00. The van der Waals surface area contributed by atoms with Crippen molar-refractivity contribution in [1.82, 2.24) is 9.88 Å². The third-order valence-electron chi connectivity index (χ3n) is 5.88. The van der Waals surface area contributed by atoms with E-state index < -0.39 is 0 Å². The molecule has 8 nitrogen and oxygen atoms in total. The van der Waals surface area contributed by atoms with Gasteiger partial charge in [0, 0.05) is 57.1 Å². The Labute approximate surface area is 175 Å². The first-order valence-electron chi connectivity index (χ1n) is 10.3. The summed E-state index contributed by atoms with van der Waals surface area (Å²) >= 11 is 0. The fourth-order valence-electron chi connectivity index (χ4n) is 4.28. The van der Waals surface area contributed by atoms with E-state index in [1.807, 2.05) is 41.3 Å². The molecule has 1 aromatic heterocycles. The molecule has 0 radical (unpaired) electrons. The molecule has 156 valence electrons. The summed E-state index contributed by atoms with van der Waals surface area (Å²) in [6.07, 6.45) is 2.02. The zero-order chi connectivity index (χ0) is 20.5. The van der Waals surface area contributed by atoms with E-state index in [0.29, 0.717) is 44.3 Å². The van der Waals surface area contributed by atoms with Crippen LogP contribution < -0.4 is 19.3 Å². The summed E-state index contributed by atoms with van der Waals surface area (Å²) in [5, 5.41) is 0. The van der Waals surface area contributed by atoms with Crippen molar-refractivity contribution in [3.63, 3.8) is 0 Å². The molecule has 2 fully saturated rings. The molecule has 4 heterocycles. The summed E-state index contributed by atoms with van der Waals surface area (Å²) in [7, 11) is 0. The second-order valence-corrected chi connectivity index (χ2v) is 7.73. The molecule has 0 saturated carbocycles. The number of amides is 2. The van der Waals surface area contributed by atoms with Gasteiger partial charge in [0.1, 0.15) is 19.0 Å². The summed E-state index contributed by atoms with van der Waals surface area (Å²) in [5.41, 5.74) is 0.750. The number of rotatable bonds is 3. The fraction of sp³-hybridized carbons (Fsp3) is 0.409. The van der Waals surface area contributed by atoms with Crippen molar-refractivity contribution in [2.75, 3.05) is 55.7 Å². The number of benzene rings is 1. The molecule has 8 heteroatoms. The van der Waals surface area contributed by atoms with E-state index in [4.69, 9.17) is 9.47 Å². The molecule has 2 saturated heterocycles. The van der Waals surface area contributed by atoms with Crippen molar-refractivity contribution in [3.8, 4) is 11.5 Å². The molecule has 0 aliphatic carbocycles. The Morgan fingerprint density at radius 3 is 2.57 bits per heavy atom. The molecular formula is C22H24N4O4. The fourth-order valence-corrected chi connectivity index (χ4v) is 4.28. The number of hydrogen-bond donors (Lipinski definition) is 0. The zero-order valence-corrected chi connectivity index (χ0v) is 16.7. The number of pyridine rings is 1. The molecule has 1 atom stereocenters. The van der Waals surface area contributed by atoms with Crippen LogP contribution in [0, 0.1) is 5.92 Å². The van der Waals surface area contributed by atoms with Crippen molar-refractivity contribution in [2.45, 2.75) is 6.42 Å². The van der Waals surface area contributed by atoms with Gasteiger partial charge >= 0.3 is 0 Å². The Hall–Kier alpha value is -3.29. The van der Waals surface area contributed by atoms with E-state index in [9.17, 15) is 9.59 Å². The molecule has 0 spiro atoms. The summed E-state index contributed by atoms with van der Waals surface area (Å²) in [4.78, 5) is 35.8. The lowest BCUT2D eigenvalue weighted by Crippen LogP contribution is -2.51. The largest absolute Gasteiger partial charge is 0.486 e. The minimum Gasteiger partial charge on any atom is -0.486 e. The van der Waals surface area contributed by atoms with Crippen molar-refractivity contribution in [1.29, 1.82) is 0 Å². The third-order valence-corrected chi connectivity index (χ3v) is 5.88. The monoisotopic (exact) mass is 408 g/mol. The van der Waals surface area contributed by atoms with Crippen molar-refractivity contribution < 1.29 is 19.1 Å². The van der Waals surface area contributed by atoms with E-state index in [2.05, 4.69) is 9.88 Å². The van der Waals surface area contributed by atoms with Crippen LogP contribution in [0.1, 0.15) is 6.42 Å². The molecule has 0 unspecified atom stereocenters. The number of nitrogens with zero attached hydrogens (tertiary/aromatic N) is 4. The van der Waals surface area contributed by atoms with Crippen molar-refractivity contribution >= 4 is 23.3 Å². The van der Waals surface area contributed by atoms with E-state index in [1.165, 1.54) is 0 Å². The van der Waals surface area contributed by atoms with Crippen molar-refractivity contribution in [2.24, 2.45) is 5.92 Å². The molecule has 5 rings (SSSR count). The maximum absolute atomic E-state index is 13.1. The summed E-state index contributed by atoms with van der Waals surface area (Å²) in [5.74, 6) is 1.99. The molecule has 2 amide bonds. The molecule has 0 N–H and O–H groups in total. The predicted molar refractivity (Wildman–Crippen MR) is 111 cm³/mol. The van der Waals surface area contributed by atoms with Gasteiger partial charge in [0.25, 0.3) is 0 Å². The Morgan fingerprint density at radius 1 is 1.00 bits per heavy atom. The van der Waals surface area contributed by atoms with Crippen LogP contribution in [0.5, 0.6) is 11.5 Å². The number of piperazine rings is 1. The van der Waals surface area contributed by atoms with Crippen molar-refractivity contribution in [3.05, 3.63) is 42.6 Å². The van der Waals surface area contributed by atoms with E-state index in [-0.39, 0.29) is 24.2 Å². The van der Waals surface area contributed by atoms with Gasteiger partial charge in [-0.15, -0.1) is 0 Å². The summed E-state index contributed by atoms with van der Waals surface area (Å²) < 4.78 is 11.2. The van der Waals surface area contributed by atoms with Crippen LogP contribution >= 0.6 is 0 Å². The number of ether oxygens (including phenoxy) is 2. The summed E-state index contributed by atoms with van der Waals surface area (Å²) in [6.45, 7) is 4.20. The lowest BCUT2D eigenvalue weighted by Gasteiger charge is -2.36. The topological polar surface area (TPSA) is 75.2 Å². The van der Waals surface area contributed by atoms with Gasteiger partial charge in [0.15, 0.2) is 11.5 Å². The number of anilines is 2. The van der Waals surface area contributed by atoms with Gasteiger partial charge in [-0.2, -0.15) is 0 Å². The second-order valence-electron chi connectivity index (χ2n) is 7.73. The highest BCUT2D eigenvalue weighted by atomic mass is 16.6. The standard InChI is InChI=1S/C22H24N4O4/c27-21-13-16(15-26(21)17-4-5-18-19(14-17)30-12-11-29-18)22(28)25-9-7-24(8-10-25)20-3-1-2-6-23-20/h1-6,14,16H,7-13,15H2/t16-/m0/s1. The average Bonchev–Trinajstić information content (AvgIpc) is 3.20. The average molecular weight is 408 g/mol. The smallest absolute Gasteiger partial charge is 0.228 e. The number of carbonyl (C=O) groups excluding carboxylic acids is 2. The second kappa shape index (κ2) is 7.85. The van der Waals surface area contributed by atoms with Crippen LogP contribution in [0.4, 0.5) is 11.5 Å². The van der Waals surface area contributed by atoms with Crippen LogP contribution in [-0.2, 0) is 9.59 Å². The Balaban J connectivity index is 1.22. The van der Waals surface area contributed by atoms with E-state index in [0.717, 1.165) is 24.6 Å². The lowest BCUT2D eigenvalue weighted by molar-refractivity contribution is -0.136. The first kappa shape index (κ1) is 18.7. The highest BCUT2D eigenvalue weighted by Crippen LogP contribution is 2.36. The quantitative estimate of drug-likeness (QED) is 0.767. The Bertz CT molecular complexity index is 943. The third kappa shape index (κ3) is 3.53. The Kier molecular flexibility index (Phi) is 4.90. The maximum atomic E-state index is 13.1. The van der Waals surface area contributed by atoms with Crippen LogP contribution in [0.15, 0.2) is 42.6 Å². The Morgan fingerprint density at radius 2 is 1.80 bits per heavy atom. The van der Waals surface area contributed by atoms with E-state index >= 15 is 0 Å². The van der Waals surface area contributed by atoms with Crippen LogP contribution in [0.2, 0.25) is 0 Å². The zero-order valence-electron chi connectivity index (χ0n) is 16.7. The summed E-state index contributed by atoms with van der Waals surface area (Å²) in [6, 6.07) is 11.3. The number of fused-ring (bicyclic) bond motifs is 1. The SMILES string of the molecule is O=C([C@H]1CC(=O)N(c2ccc3c(c2)OCCO3)C1)N1CCN(c2ccccn2)CC1. The van der Waals surface area contributed by atoms with Gasteiger partial charge in [-0.25, -0.2) is 4.98 Å². The van der Waals surface area contributed by atoms with Gasteiger partial charge in [-0.3, -0.25) is 9.59 Å². The lowest BCUT2D eigenvalue weighted by atomic mass is 10.1. The normalized spacial score (nSPS) is 21.1. The molecular weight excluding hydrogens is 384 g/mol. The van der Waals surface area contributed by atoms with Gasteiger partial charge < -0.3 is 24.2 Å². The highest BCUT2D eigenvalue weighted by Gasteiger charge is 2.38. The van der Waals surface area contributed by atoms with Crippen LogP contribution in [-0.4, -0.2) is 67.6 Å². The van der Waals surface area contributed by atoms with Gasteiger partial charge in [-0.05, 0) is 24.3 Å². The molecule has 0 bridgehead atoms. The van der Waals surface area contributed by atoms with Crippen LogP contribution in [0.25, 0.3) is 0 Å². The van der Waals surface area contributed by atoms with Gasteiger partial charge in [-0.1, -0.05) is 6.07 Å². The molecule has 30 heavy (non-hydrogen) atoms. The maximum Gasteiger partial charge on any atom is 0.228 e. The molecule has 3 aliphatic rings. The first-order chi connectivity index (χ1) is 14.7. The van der Waals surface area contributed by atoms with Crippen LogP contribution in [0.3, 0.4) is 0 Å². The van der Waals surface area contributed by atoms with Gasteiger partial charge in [0.2, 0.25) is 11.8 Å². The molecule has 2 aromatic rings. The van der Waals surface area contributed by atoms with E-state index in [1.54, 1.807) is 11.1 Å². The first-order valence-corrected chi connectivity index (χ1v) is 10.3. The minimum absolute atomic E-state index is 0.0304.